The lowest BCUT2D eigenvalue weighted by Gasteiger charge is -2.08. The van der Waals surface area contributed by atoms with Crippen molar-refractivity contribution in [1.29, 1.82) is 0 Å². The Balaban J connectivity index is 2.10. The molecule has 2 aromatic rings. The van der Waals surface area contributed by atoms with E-state index in [1.54, 1.807) is 24.7 Å². The number of aryl methyl sites for hydroxylation is 1. The fourth-order valence-electron chi connectivity index (χ4n) is 2.00. The van der Waals surface area contributed by atoms with Gasteiger partial charge in [-0.1, -0.05) is 0 Å². The van der Waals surface area contributed by atoms with Crippen LogP contribution in [0.15, 0.2) is 30.7 Å². The van der Waals surface area contributed by atoms with Crippen LogP contribution < -0.4 is 5.32 Å². The normalized spacial score (nSPS) is 10.4. The van der Waals surface area contributed by atoms with Crippen LogP contribution >= 0.6 is 0 Å². The molecule has 0 bridgehead atoms. The number of hydrogen-bond acceptors (Lipinski definition) is 5. The number of nitro benzene ring substituents is 1. The van der Waals surface area contributed by atoms with Crippen LogP contribution in [0.5, 0.6) is 0 Å². The quantitative estimate of drug-likeness (QED) is 0.500. The molecule has 2 rings (SSSR count). The molecule has 0 amide bonds. The first kappa shape index (κ1) is 14.7. The van der Waals surface area contributed by atoms with Gasteiger partial charge >= 0.3 is 0 Å². The Kier molecular flexibility index (Phi) is 4.32. The highest BCUT2D eigenvalue weighted by Crippen LogP contribution is 2.25. The zero-order valence-electron chi connectivity index (χ0n) is 11.9. The highest BCUT2D eigenvalue weighted by Gasteiger charge is 2.15. The number of rotatable bonds is 6. The summed E-state index contributed by atoms with van der Waals surface area (Å²) in [7, 11) is 1.90. The van der Waals surface area contributed by atoms with E-state index in [1.165, 1.54) is 13.0 Å². The van der Waals surface area contributed by atoms with Gasteiger partial charge in [-0.3, -0.25) is 14.9 Å². The van der Waals surface area contributed by atoms with Gasteiger partial charge in [0.15, 0.2) is 5.78 Å². The number of ketones is 1. The summed E-state index contributed by atoms with van der Waals surface area (Å²) < 4.78 is 1.90. The monoisotopic (exact) mass is 288 g/mol. The molecule has 0 aliphatic heterocycles. The molecule has 110 valence electrons. The Morgan fingerprint density at radius 2 is 2.24 bits per heavy atom. The van der Waals surface area contributed by atoms with E-state index < -0.39 is 4.92 Å². The van der Waals surface area contributed by atoms with E-state index in [4.69, 9.17) is 0 Å². The van der Waals surface area contributed by atoms with Crippen LogP contribution in [0.25, 0.3) is 0 Å². The summed E-state index contributed by atoms with van der Waals surface area (Å²) in [6.45, 7) is 1.92. The molecule has 7 heteroatoms. The number of carbonyl (C=O) groups is 1. The Morgan fingerprint density at radius 1 is 1.48 bits per heavy atom. The van der Waals surface area contributed by atoms with Gasteiger partial charge in [-0.05, 0) is 19.1 Å². The largest absolute Gasteiger partial charge is 0.379 e. The third-order valence-electron chi connectivity index (χ3n) is 3.21. The van der Waals surface area contributed by atoms with Crippen LogP contribution in [0.4, 0.5) is 11.4 Å². The third kappa shape index (κ3) is 3.44. The van der Waals surface area contributed by atoms with E-state index in [-0.39, 0.29) is 11.5 Å². The SMILES string of the molecule is CC(=O)c1ccc(NCCc2cncn2C)c([N+](=O)[O-])c1. The van der Waals surface area contributed by atoms with E-state index in [0.717, 1.165) is 5.69 Å². The maximum atomic E-state index is 11.3. The number of Topliss-reactive ketones (excluding diaryl/α,β-unsaturated/α-hetero) is 1. The Hall–Kier alpha value is -2.70. The smallest absolute Gasteiger partial charge is 0.293 e. The zero-order valence-corrected chi connectivity index (χ0v) is 11.9. The Labute approximate surface area is 121 Å². The summed E-state index contributed by atoms with van der Waals surface area (Å²) in [5.74, 6) is -0.195. The van der Waals surface area contributed by atoms with Crippen LogP contribution in [-0.2, 0) is 13.5 Å². The second kappa shape index (κ2) is 6.17. The van der Waals surface area contributed by atoms with Crippen molar-refractivity contribution in [2.24, 2.45) is 7.05 Å². The lowest BCUT2D eigenvalue weighted by Crippen LogP contribution is -2.09. The minimum absolute atomic E-state index is 0.0901. The van der Waals surface area contributed by atoms with Crippen molar-refractivity contribution in [3.63, 3.8) is 0 Å². The average Bonchev–Trinajstić information content (AvgIpc) is 2.84. The standard InChI is InChI=1S/C14H16N4O3/c1-10(19)11-3-4-13(14(7-11)18(20)21)16-6-5-12-8-15-9-17(12)2/h3-4,7-9,16H,5-6H2,1-2H3. The number of nitrogens with zero attached hydrogens (tertiary/aromatic N) is 3. The second-order valence-electron chi connectivity index (χ2n) is 4.72. The maximum absolute atomic E-state index is 11.3. The van der Waals surface area contributed by atoms with Crippen molar-refractivity contribution in [2.45, 2.75) is 13.3 Å². The van der Waals surface area contributed by atoms with E-state index in [2.05, 4.69) is 10.3 Å². The van der Waals surface area contributed by atoms with Crippen molar-refractivity contribution in [2.75, 3.05) is 11.9 Å². The molecule has 0 atom stereocenters. The Morgan fingerprint density at radius 3 is 2.81 bits per heavy atom. The molecule has 0 unspecified atom stereocenters. The molecule has 7 nitrogen and oxygen atoms in total. The lowest BCUT2D eigenvalue weighted by atomic mass is 10.1. The summed E-state index contributed by atoms with van der Waals surface area (Å²) in [5, 5.41) is 14.1. The number of aromatic nitrogens is 2. The molecule has 0 aliphatic rings. The lowest BCUT2D eigenvalue weighted by molar-refractivity contribution is -0.384. The molecule has 0 aliphatic carbocycles. The first-order chi connectivity index (χ1) is 9.99. The number of imidazole rings is 1. The van der Waals surface area contributed by atoms with Gasteiger partial charge in [0, 0.05) is 43.5 Å². The molecular weight excluding hydrogens is 272 g/mol. The first-order valence-electron chi connectivity index (χ1n) is 6.47. The van der Waals surface area contributed by atoms with Crippen LogP contribution in [0.1, 0.15) is 23.0 Å². The van der Waals surface area contributed by atoms with Crippen LogP contribution in [0.3, 0.4) is 0 Å². The fraction of sp³-hybridized carbons (Fsp3) is 0.286. The molecule has 0 saturated heterocycles. The van der Waals surface area contributed by atoms with Crippen molar-refractivity contribution >= 4 is 17.2 Å². The van der Waals surface area contributed by atoms with Gasteiger partial charge in [-0.25, -0.2) is 4.98 Å². The van der Waals surface area contributed by atoms with E-state index in [1.807, 2.05) is 11.6 Å². The summed E-state index contributed by atoms with van der Waals surface area (Å²) in [4.78, 5) is 25.9. The molecule has 0 saturated carbocycles. The van der Waals surface area contributed by atoms with Gasteiger partial charge in [-0.2, -0.15) is 0 Å². The van der Waals surface area contributed by atoms with Gasteiger partial charge in [-0.15, -0.1) is 0 Å². The number of anilines is 1. The van der Waals surface area contributed by atoms with E-state index in [9.17, 15) is 14.9 Å². The molecular formula is C14H16N4O3. The molecule has 0 spiro atoms. The molecule has 0 radical (unpaired) electrons. The summed E-state index contributed by atoms with van der Waals surface area (Å²) in [6.07, 6.45) is 4.16. The maximum Gasteiger partial charge on any atom is 0.293 e. The van der Waals surface area contributed by atoms with Crippen molar-refractivity contribution in [1.82, 2.24) is 9.55 Å². The fourth-order valence-corrected chi connectivity index (χ4v) is 2.00. The topological polar surface area (TPSA) is 90.1 Å². The number of carbonyl (C=O) groups excluding carboxylic acids is 1. The first-order valence-corrected chi connectivity index (χ1v) is 6.47. The highest BCUT2D eigenvalue weighted by molar-refractivity contribution is 5.95. The summed E-state index contributed by atoms with van der Waals surface area (Å²) in [5.41, 5.74) is 1.68. The van der Waals surface area contributed by atoms with Gasteiger partial charge in [0.05, 0.1) is 11.3 Å². The number of hydrogen-bond donors (Lipinski definition) is 1. The molecule has 1 aromatic heterocycles. The van der Waals surface area contributed by atoms with Gasteiger partial charge in [0.2, 0.25) is 0 Å². The molecule has 21 heavy (non-hydrogen) atoms. The highest BCUT2D eigenvalue weighted by atomic mass is 16.6. The average molecular weight is 288 g/mol. The number of nitro groups is 1. The van der Waals surface area contributed by atoms with Crippen molar-refractivity contribution in [3.05, 3.63) is 52.1 Å². The predicted molar refractivity (Wildman–Crippen MR) is 78.5 cm³/mol. The summed E-state index contributed by atoms with van der Waals surface area (Å²) in [6, 6.07) is 4.45. The second-order valence-corrected chi connectivity index (χ2v) is 4.72. The molecule has 1 aromatic carbocycles. The Bertz CT molecular complexity index is 679. The van der Waals surface area contributed by atoms with E-state index in [0.29, 0.717) is 24.2 Å². The molecule has 1 N–H and O–H groups in total. The molecule has 0 fully saturated rings. The predicted octanol–water partition coefficient (Wildman–Crippen LogP) is 2.19. The number of nitrogens with one attached hydrogen (secondary N) is 1. The minimum atomic E-state index is -0.487. The zero-order chi connectivity index (χ0) is 15.4. The third-order valence-corrected chi connectivity index (χ3v) is 3.21. The minimum Gasteiger partial charge on any atom is -0.379 e. The van der Waals surface area contributed by atoms with Crippen LogP contribution in [0, 0.1) is 10.1 Å². The van der Waals surface area contributed by atoms with Crippen LogP contribution in [-0.4, -0.2) is 26.8 Å². The van der Waals surface area contributed by atoms with E-state index >= 15 is 0 Å². The van der Waals surface area contributed by atoms with Crippen molar-refractivity contribution < 1.29 is 9.72 Å². The van der Waals surface area contributed by atoms with Gasteiger partial charge < -0.3 is 9.88 Å². The van der Waals surface area contributed by atoms with Gasteiger partial charge in [0.25, 0.3) is 5.69 Å². The molecule has 1 heterocycles. The van der Waals surface area contributed by atoms with Crippen molar-refractivity contribution in [3.8, 4) is 0 Å². The van der Waals surface area contributed by atoms with Gasteiger partial charge in [0.1, 0.15) is 5.69 Å². The van der Waals surface area contributed by atoms with Crippen LogP contribution in [0.2, 0.25) is 0 Å². The summed E-state index contributed by atoms with van der Waals surface area (Å²) >= 11 is 0. The number of benzene rings is 1.